The van der Waals surface area contributed by atoms with Crippen LogP contribution in [0.4, 0.5) is 0 Å². The van der Waals surface area contributed by atoms with Crippen LogP contribution >= 0.6 is 23.2 Å². The zero-order valence-electron chi connectivity index (χ0n) is 11.7. The van der Waals surface area contributed by atoms with Crippen molar-refractivity contribution in [3.63, 3.8) is 0 Å². The molecule has 1 aromatic carbocycles. The van der Waals surface area contributed by atoms with Crippen LogP contribution in [0.2, 0.25) is 10.0 Å². The van der Waals surface area contributed by atoms with Crippen molar-refractivity contribution < 1.29 is 8.42 Å². The Labute approximate surface area is 136 Å². The van der Waals surface area contributed by atoms with E-state index >= 15 is 0 Å². The van der Waals surface area contributed by atoms with Crippen molar-refractivity contribution in [1.29, 1.82) is 0 Å². The Bertz CT molecular complexity index is 597. The number of rotatable bonds is 4. The monoisotopic (exact) mass is 350 g/mol. The molecule has 1 aliphatic rings. The fourth-order valence-electron chi connectivity index (χ4n) is 2.58. The Balaban J connectivity index is 2.08. The quantitative estimate of drug-likeness (QED) is 0.818. The molecule has 1 aliphatic carbocycles. The standard InChI is InChI=1S/C14H20Cl2N2O2S/c15-12-6-5-11(9-13(12)16)21(19,20)18-10-14(17)7-3-1-2-4-8-14/h5-6,9,18H,1-4,7-8,10,17H2. The van der Waals surface area contributed by atoms with Gasteiger partial charge in [0, 0.05) is 12.1 Å². The van der Waals surface area contributed by atoms with Crippen LogP contribution in [0.1, 0.15) is 38.5 Å². The fourth-order valence-corrected chi connectivity index (χ4v) is 4.10. The molecular weight excluding hydrogens is 331 g/mol. The van der Waals surface area contributed by atoms with Crippen LogP contribution in [-0.2, 0) is 10.0 Å². The summed E-state index contributed by atoms with van der Waals surface area (Å²) in [6.07, 6.45) is 6.11. The summed E-state index contributed by atoms with van der Waals surface area (Å²) in [4.78, 5) is 0.106. The molecule has 0 aromatic heterocycles. The van der Waals surface area contributed by atoms with E-state index in [0.717, 1.165) is 25.7 Å². The summed E-state index contributed by atoms with van der Waals surface area (Å²) >= 11 is 11.7. The van der Waals surface area contributed by atoms with Crippen molar-refractivity contribution >= 4 is 33.2 Å². The molecule has 0 unspecified atom stereocenters. The van der Waals surface area contributed by atoms with Crippen molar-refractivity contribution in [2.24, 2.45) is 5.73 Å². The van der Waals surface area contributed by atoms with Crippen molar-refractivity contribution in [2.75, 3.05) is 6.54 Å². The van der Waals surface area contributed by atoms with E-state index in [1.165, 1.54) is 31.0 Å². The normalized spacial score (nSPS) is 19.2. The van der Waals surface area contributed by atoms with Gasteiger partial charge in [-0.1, -0.05) is 48.9 Å². The minimum atomic E-state index is -3.62. The Morgan fingerprint density at radius 2 is 1.71 bits per heavy atom. The molecule has 0 radical (unpaired) electrons. The summed E-state index contributed by atoms with van der Waals surface area (Å²) in [6, 6.07) is 4.26. The predicted octanol–water partition coefficient (Wildman–Crippen LogP) is 3.32. The van der Waals surface area contributed by atoms with Crippen molar-refractivity contribution in [1.82, 2.24) is 4.72 Å². The van der Waals surface area contributed by atoms with Crippen LogP contribution in [0.15, 0.2) is 23.1 Å². The topological polar surface area (TPSA) is 72.2 Å². The van der Waals surface area contributed by atoms with E-state index in [9.17, 15) is 8.42 Å². The Morgan fingerprint density at radius 1 is 1.10 bits per heavy atom. The lowest BCUT2D eigenvalue weighted by Gasteiger charge is -2.28. The molecule has 1 fully saturated rings. The minimum Gasteiger partial charge on any atom is -0.324 e. The molecule has 3 N–H and O–H groups in total. The van der Waals surface area contributed by atoms with Crippen LogP contribution in [0.5, 0.6) is 0 Å². The second kappa shape index (κ2) is 6.84. The molecule has 1 aromatic rings. The van der Waals surface area contributed by atoms with Gasteiger partial charge in [-0.15, -0.1) is 0 Å². The van der Waals surface area contributed by atoms with Gasteiger partial charge in [0.2, 0.25) is 10.0 Å². The lowest BCUT2D eigenvalue weighted by molar-refractivity contribution is 0.369. The number of halogens is 2. The highest BCUT2D eigenvalue weighted by Crippen LogP contribution is 2.26. The van der Waals surface area contributed by atoms with Gasteiger partial charge < -0.3 is 5.73 Å². The van der Waals surface area contributed by atoms with Crippen LogP contribution in [-0.4, -0.2) is 20.5 Å². The third kappa shape index (κ3) is 4.57. The molecule has 0 atom stereocenters. The van der Waals surface area contributed by atoms with Gasteiger partial charge in [0.1, 0.15) is 0 Å². The zero-order chi connectivity index (χ0) is 15.5. The summed E-state index contributed by atoms with van der Waals surface area (Å²) in [7, 11) is -3.62. The molecule has 0 spiro atoms. The number of hydrogen-bond donors (Lipinski definition) is 2. The first-order chi connectivity index (χ1) is 9.82. The lowest BCUT2D eigenvalue weighted by Crippen LogP contribution is -2.49. The smallest absolute Gasteiger partial charge is 0.240 e. The molecule has 2 rings (SSSR count). The zero-order valence-corrected chi connectivity index (χ0v) is 14.1. The second-order valence-corrected chi connectivity index (χ2v) is 8.26. The molecular formula is C14H20Cl2N2O2S. The van der Waals surface area contributed by atoms with E-state index in [1.807, 2.05) is 0 Å². The van der Waals surface area contributed by atoms with E-state index in [-0.39, 0.29) is 16.5 Å². The number of sulfonamides is 1. The largest absolute Gasteiger partial charge is 0.324 e. The highest BCUT2D eigenvalue weighted by Gasteiger charge is 2.28. The average molecular weight is 351 g/mol. The first-order valence-corrected chi connectivity index (χ1v) is 9.30. The molecule has 118 valence electrons. The van der Waals surface area contributed by atoms with Gasteiger partial charge >= 0.3 is 0 Å². The van der Waals surface area contributed by atoms with Crippen LogP contribution in [0.3, 0.4) is 0 Å². The number of nitrogens with two attached hydrogens (primary N) is 1. The van der Waals surface area contributed by atoms with E-state index in [1.54, 1.807) is 0 Å². The first kappa shape index (κ1) is 17.0. The molecule has 1 saturated carbocycles. The highest BCUT2D eigenvalue weighted by molar-refractivity contribution is 7.89. The summed E-state index contributed by atoms with van der Waals surface area (Å²) in [5, 5.41) is 0.547. The third-order valence-corrected chi connectivity index (χ3v) is 6.05. The molecule has 0 heterocycles. The Hall–Kier alpha value is -0.330. The fraction of sp³-hybridized carbons (Fsp3) is 0.571. The van der Waals surface area contributed by atoms with Gasteiger partial charge in [0.25, 0.3) is 0 Å². The van der Waals surface area contributed by atoms with Crippen LogP contribution in [0.25, 0.3) is 0 Å². The maximum Gasteiger partial charge on any atom is 0.240 e. The van der Waals surface area contributed by atoms with Gasteiger partial charge in [-0.05, 0) is 31.0 Å². The van der Waals surface area contributed by atoms with E-state index in [0.29, 0.717) is 5.02 Å². The van der Waals surface area contributed by atoms with E-state index in [2.05, 4.69) is 4.72 Å². The Morgan fingerprint density at radius 3 is 2.29 bits per heavy atom. The number of hydrogen-bond acceptors (Lipinski definition) is 3. The predicted molar refractivity (Wildman–Crippen MR) is 86.3 cm³/mol. The van der Waals surface area contributed by atoms with E-state index < -0.39 is 15.6 Å². The maximum absolute atomic E-state index is 12.3. The van der Waals surface area contributed by atoms with Crippen molar-refractivity contribution in [3.05, 3.63) is 28.2 Å². The van der Waals surface area contributed by atoms with Gasteiger partial charge in [-0.3, -0.25) is 0 Å². The maximum atomic E-state index is 12.3. The Kier molecular flexibility index (Phi) is 5.54. The second-order valence-electron chi connectivity index (χ2n) is 5.68. The molecule has 4 nitrogen and oxygen atoms in total. The lowest BCUT2D eigenvalue weighted by atomic mass is 9.92. The summed E-state index contributed by atoms with van der Waals surface area (Å²) in [5.41, 5.74) is 5.87. The van der Waals surface area contributed by atoms with E-state index in [4.69, 9.17) is 28.9 Å². The molecule has 0 saturated heterocycles. The van der Waals surface area contributed by atoms with Gasteiger partial charge in [0.15, 0.2) is 0 Å². The third-order valence-electron chi connectivity index (χ3n) is 3.91. The van der Waals surface area contributed by atoms with Crippen LogP contribution in [0, 0.1) is 0 Å². The SMILES string of the molecule is NC1(CNS(=O)(=O)c2ccc(Cl)c(Cl)c2)CCCCCC1. The summed E-state index contributed by atoms with van der Waals surface area (Å²) < 4.78 is 27.2. The van der Waals surface area contributed by atoms with Crippen molar-refractivity contribution in [2.45, 2.75) is 49.0 Å². The van der Waals surface area contributed by atoms with Gasteiger partial charge in [-0.2, -0.15) is 0 Å². The summed E-state index contributed by atoms with van der Waals surface area (Å²) in [5.74, 6) is 0. The molecule has 0 bridgehead atoms. The highest BCUT2D eigenvalue weighted by atomic mass is 35.5. The molecule has 0 amide bonds. The summed E-state index contributed by atoms with van der Waals surface area (Å²) in [6.45, 7) is 0.246. The molecule has 21 heavy (non-hydrogen) atoms. The average Bonchev–Trinajstić information content (AvgIpc) is 2.65. The number of nitrogens with one attached hydrogen (secondary N) is 1. The number of benzene rings is 1. The first-order valence-electron chi connectivity index (χ1n) is 7.06. The molecule has 7 heteroatoms. The van der Waals surface area contributed by atoms with Gasteiger partial charge in [0.05, 0.1) is 14.9 Å². The van der Waals surface area contributed by atoms with Crippen molar-refractivity contribution in [3.8, 4) is 0 Å². The molecule has 0 aliphatic heterocycles. The van der Waals surface area contributed by atoms with Gasteiger partial charge in [-0.25, -0.2) is 13.1 Å². The van der Waals surface area contributed by atoms with Crippen LogP contribution < -0.4 is 10.5 Å². The minimum absolute atomic E-state index is 0.106.